The van der Waals surface area contributed by atoms with Gasteiger partial charge in [0, 0.05) is 11.4 Å². The van der Waals surface area contributed by atoms with Gasteiger partial charge in [-0.3, -0.25) is 4.79 Å². The van der Waals surface area contributed by atoms with E-state index in [2.05, 4.69) is 10.6 Å². The summed E-state index contributed by atoms with van der Waals surface area (Å²) in [4.78, 5) is 11.1. The smallest absolute Gasteiger partial charge is 0.225 e. The number of halogens is 2. The fourth-order valence-electron chi connectivity index (χ4n) is 0.962. The summed E-state index contributed by atoms with van der Waals surface area (Å²) in [5.74, 6) is -0.157. The van der Waals surface area contributed by atoms with Gasteiger partial charge in [0.2, 0.25) is 5.91 Å². The molecule has 3 nitrogen and oxygen atoms in total. The van der Waals surface area contributed by atoms with Gasteiger partial charge < -0.3 is 10.6 Å². The lowest BCUT2D eigenvalue weighted by atomic mass is 10.3. The van der Waals surface area contributed by atoms with E-state index in [0.29, 0.717) is 22.2 Å². The second-order valence-electron chi connectivity index (χ2n) is 2.98. The van der Waals surface area contributed by atoms with Crippen molar-refractivity contribution in [1.29, 1.82) is 0 Å². The van der Waals surface area contributed by atoms with Gasteiger partial charge in [-0.25, -0.2) is 0 Å². The van der Waals surface area contributed by atoms with E-state index in [-0.39, 0.29) is 11.0 Å². The van der Waals surface area contributed by atoms with Crippen LogP contribution < -0.4 is 10.6 Å². The summed E-state index contributed by atoms with van der Waals surface area (Å²) in [6.07, 6.45) is 0.366. The fourth-order valence-corrected chi connectivity index (χ4v) is 1.52. The van der Waals surface area contributed by atoms with Gasteiger partial charge in [-0.05, 0) is 30.4 Å². The molecule has 1 aromatic rings. The van der Waals surface area contributed by atoms with E-state index in [9.17, 15) is 4.79 Å². The van der Waals surface area contributed by atoms with Crippen LogP contribution in [0.3, 0.4) is 0 Å². The minimum atomic E-state index is -0.157. The Kier molecular flexibility index (Phi) is 4.99. The lowest BCUT2D eigenvalue weighted by molar-refractivity contribution is -0.119. The number of hydrogen-bond donors (Lipinski definition) is 2. The lowest BCUT2D eigenvalue weighted by Gasteiger charge is -2.10. The number of benzene rings is 1. The molecule has 1 rings (SSSR count). The summed E-state index contributed by atoms with van der Waals surface area (Å²) < 4.78 is 0. The van der Waals surface area contributed by atoms with Crippen molar-refractivity contribution in [2.24, 2.45) is 0 Å². The van der Waals surface area contributed by atoms with Crippen LogP contribution in [0.15, 0.2) is 18.2 Å². The number of anilines is 1. The van der Waals surface area contributed by atoms with Crippen LogP contribution in [0.1, 0.15) is 13.3 Å². The van der Waals surface area contributed by atoms with Crippen molar-refractivity contribution in [3.05, 3.63) is 28.2 Å². The molecule has 0 unspecified atom stereocenters. The monoisotopic (exact) mass is 276 g/mol. The van der Waals surface area contributed by atoms with Gasteiger partial charge in [-0.1, -0.05) is 30.1 Å². The van der Waals surface area contributed by atoms with Crippen LogP contribution >= 0.6 is 35.4 Å². The second kappa shape index (κ2) is 6.03. The maximum atomic E-state index is 11.1. The molecule has 0 aliphatic rings. The van der Waals surface area contributed by atoms with E-state index in [1.807, 2.05) is 0 Å². The molecule has 1 aromatic carbocycles. The molecule has 0 radical (unpaired) electrons. The average molecular weight is 277 g/mol. The Hall–Kier alpha value is -0.840. The average Bonchev–Trinajstić information content (AvgIpc) is 2.23. The molecule has 0 spiro atoms. The third-order valence-electron chi connectivity index (χ3n) is 1.75. The molecule has 0 aliphatic heterocycles. The summed E-state index contributed by atoms with van der Waals surface area (Å²) in [5, 5.41) is 6.53. The van der Waals surface area contributed by atoms with Crippen molar-refractivity contribution in [3.8, 4) is 0 Å². The third kappa shape index (κ3) is 3.96. The van der Waals surface area contributed by atoms with Crippen molar-refractivity contribution >= 4 is 52.1 Å². The van der Waals surface area contributed by atoms with E-state index >= 15 is 0 Å². The lowest BCUT2D eigenvalue weighted by Crippen LogP contribution is -2.33. The molecule has 0 heterocycles. The predicted molar refractivity (Wildman–Crippen MR) is 71.1 cm³/mol. The summed E-state index contributed by atoms with van der Waals surface area (Å²) >= 11 is 16.7. The van der Waals surface area contributed by atoms with E-state index in [1.165, 1.54) is 0 Å². The van der Waals surface area contributed by atoms with E-state index in [4.69, 9.17) is 35.4 Å². The Bertz CT molecular complexity index is 423. The molecular weight excluding hydrogens is 267 g/mol. The van der Waals surface area contributed by atoms with Gasteiger partial charge in [0.05, 0.1) is 10.7 Å². The van der Waals surface area contributed by atoms with Crippen LogP contribution in [0.2, 0.25) is 10.0 Å². The standard InChI is InChI=1S/C10H10Cl2N2OS/c1-2-9(15)14-10(16)13-8-5-6(11)3-4-7(8)12/h3-5H,2H2,1H3,(H2,13,14,15,16). The van der Waals surface area contributed by atoms with Gasteiger partial charge >= 0.3 is 0 Å². The zero-order valence-electron chi connectivity index (χ0n) is 8.51. The Morgan fingerprint density at radius 2 is 2.12 bits per heavy atom. The number of carbonyl (C=O) groups excluding carboxylic acids is 1. The van der Waals surface area contributed by atoms with Crippen molar-refractivity contribution in [1.82, 2.24) is 5.32 Å². The van der Waals surface area contributed by atoms with Crippen LogP contribution in [-0.2, 0) is 4.79 Å². The first kappa shape index (κ1) is 13.2. The Labute approximate surface area is 109 Å². The third-order valence-corrected chi connectivity index (χ3v) is 2.52. The highest BCUT2D eigenvalue weighted by atomic mass is 35.5. The molecule has 0 saturated carbocycles. The minimum Gasteiger partial charge on any atom is -0.331 e. The van der Waals surface area contributed by atoms with Crippen molar-refractivity contribution in [3.63, 3.8) is 0 Å². The molecular formula is C10H10Cl2N2OS. The highest BCUT2D eigenvalue weighted by Crippen LogP contribution is 2.25. The van der Waals surface area contributed by atoms with Crippen molar-refractivity contribution < 1.29 is 4.79 Å². The first-order valence-electron chi connectivity index (χ1n) is 4.58. The number of amides is 1. The molecule has 0 aromatic heterocycles. The minimum absolute atomic E-state index is 0.157. The Morgan fingerprint density at radius 3 is 2.75 bits per heavy atom. The highest BCUT2D eigenvalue weighted by molar-refractivity contribution is 7.80. The molecule has 0 saturated heterocycles. The Morgan fingerprint density at radius 1 is 1.44 bits per heavy atom. The number of hydrogen-bond acceptors (Lipinski definition) is 2. The number of rotatable bonds is 2. The predicted octanol–water partition coefficient (Wildman–Crippen LogP) is 3.22. The van der Waals surface area contributed by atoms with Crippen molar-refractivity contribution in [2.45, 2.75) is 13.3 Å². The molecule has 1 amide bonds. The topological polar surface area (TPSA) is 41.1 Å². The molecule has 16 heavy (non-hydrogen) atoms. The molecule has 0 fully saturated rings. The summed E-state index contributed by atoms with van der Waals surface area (Å²) in [5.41, 5.74) is 0.565. The van der Waals surface area contributed by atoms with Gasteiger partial charge in [0.25, 0.3) is 0 Å². The largest absolute Gasteiger partial charge is 0.331 e. The maximum absolute atomic E-state index is 11.1. The van der Waals surface area contributed by atoms with Gasteiger partial charge in [0.15, 0.2) is 5.11 Å². The first-order valence-corrected chi connectivity index (χ1v) is 5.75. The summed E-state index contributed by atoms with van der Waals surface area (Å²) in [7, 11) is 0. The molecule has 0 atom stereocenters. The van der Waals surface area contributed by atoms with Gasteiger partial charge in [-0.15, -0.1) is 0 Å². The van der Waals surface area contributed by atoms with Crippen LogP contribution in [-0.4, -0.2) is 11.0 Å². The summed E-state index contributed by atoms with van der Waals surface area (Å²) in [6.45, 7) is 1.74. The quantitative estimate of drug-likeness (QED) is 0.815. The zero-order chi connectivity index (χ0) is 12.1. The van der Waals surface area contributed by atoms with E-state index in [0.717, 1.165) is 0 Å². The zero-order valence-corrected chi connectivity index (χ0v) is 10.8. The van der Waals surface area contributed by atoms with Crippen molar-refractivity contribution in [2.75, 3.05) is 5.32 Å². The van der Waals surface area contributed by atoms with Crippen LogP contribution in [0.25, 0.3) is 0 Å². The molecule has 86 valence electrons. The fraction of sp³-hybridized carbons (Fsp3) is 0.200. The second-order valence-corrected chi connectivity index (χ2v) is 4.23. The van der Waals surface area contributed by atoms with Crippen LogP contribution in [0.5, 0.6) is 0 Å². The molecule has 0 bridgehead atoms. The van der Waals surface area contributed by atoms with Gasteiger partial charge in [0.1, 0.15) is 0 Å². The van der Waals surface area contributed by atoms with E-state index < -0.39 is 0 Å². The van der Waals surface area contributed by atoms with Crippen LogP contribution in [0, 0.1) is 0 Å². The highest BCUT2D eigenvalue weighted by Gasteiger charge is 2.05. The summed E-state index contributed by atoms with van der Waals surface area (Å²) in [6, 6.07) is 4.95. The SMILES string of the molecule is CCC(=O)NC(=S)Nc1cc(Cl)ccc1Cl. The number of carbonyl (C=O) groups is 1. The Balaban J connectivity index is 2.69. The molecule has 6 heteroatoms. The van der Waals surface area contributed by atoms with Gasteiger partial charge in [-0.2, -0.15) is 0 Å². The number of nitrogens with one attached hydrogen (secondary N) is 2. The van der Waals surface area contributed by atoms with E-state index in [1.54, 1.807) is 25.1 Å². The normalized spacial score (nSPS) is 9.69. The molecule has 2 N–H and O–H groups in total. The maximum Gasteiger partial charge on any atom is 0.225 e. The number of thiocarbonyl (C=S) groups is 1. The molecule has 0 aliphatic carbocycles. The first-order chi connectivity index (χ1) is 7.52. The van der Waals surface area contributed by atoms with Crippen LogP contribution in [0.4, 0.5) is 5.69 Å².